The second kappa shape index (κ2) is 9.36. The molecule has 3 N–H and O–H groups in total. The maximum absolute atomic E-state index is 13.4. The molecule has 11 nitrogen and oxygen atoms in total. The van der Waals surface area contributed by atoms with Gasteiger partial charge in [0.05, 0.1) is 6.33 Å². The van der Waals surface area contributed by atoms with E-state index < -0.39 is 46.8 Å². The summed E-state index contributed by atoms with van der Waals surface area (Å²) in [6.07, 6.45) is 0.690. The molecular weight excluding hydrogens is 408 g/mol. The van der Waals surface area contributed by atoms with Gasteiger partial charge in [0.2, 0.25) is 0 Å². The molecule has 11 heteroatoms. The number of alkyl carbamates (subject to hydrolysis) is 1. The number of aliphatic carboxylic acids is 1. The second-order valence-corrected chi connectivity index (χ2v) is 9.50. The summed E-state index contributed by atoms with van der Waals surface area (Å²) in [5, 5.41) is 12.1. The van der Waals surface area contributed by atoms with E-state index in [4.69, 9.17) is 9.47 Å². The Morgan fingerprint density at radius 2 is 1.61 bits per heavy atom. The minimum atomic E-state index is -1.96. The Bertz CT molecular complexity index is 804. The van der Waals surface area contributed by atoms with E-state index in [1.54, 1.807) is 41.5 Å². The topological polar surface area (TPSA) is 151 Å². The minimum Gasteiger partial charge on any atom is -0.480 e. The van der Waals surface area contributed by atoms with Gasteiger partial charge in [-0.3, -0.25) is 4.79 Å². The van der Waals surface area contributed by atoms with E-state index in [1.165, 1.54) is 26.4 Å². The van der Waals surface area contributed by atoms with Crippen LogP contribution in [0.15, 0.2) is 12.5 Å². The van der Waals surface area contributed by atoms with Gasteiger partial charge in [-0.15, -0.1) is 0 Å². The van der Waals surface area contributed by atoms with Crippen molar-refractivity contribution in [3.8, 4) is 0 Å². The van der Waals surface area contributed by atoms with Crippen LogP contribution in [0.3, 0.4) is 0 Å². The first-order chi connectivity index (χ1) is 13.9. The Kier molecular flexibility index (Phi) is 7.83. The highest BCUT2D eigenvalue weighted by Gasteiger charge is 2.47. The maximum Gasteiger partial charge on any atom is 0.418 e. The molecule has 0 unspecified atom stereocenters. The van der Waals surface area contributed by atoms with Crippen molar-refractivity contribution in [2.24, 2.45) is 0 Å². The molecular formula is C20H32N4O7. The average Bonchev–Trinajstić information content (AvgIpc) is 3.03. The van der Waals surface area contributed by atoms with Gasteiger partial charge in [-0.1, -0.05) is 0 Å². The highest BCUT2D eigenvalue weighted by molar-refractivity contribution is 6.01. The minimum absolute atomic E-state index is 0.0902. The molecule has 1 aromatic heterocycles. The zero-order valence-electron chi connectivity index (χ0n) is 19.2. The number of nitrogens with zero attached hydrogens (tertiary/aromatic N) is 2. The van der Waals surface area contributed by atoms with Crippen LogP contribution in [-0.2, 0) is 25.5 Å². The van der Waals surface area contributed by atoms with Gasteiger partial charge in [0.25, 0.3) is 5.91 Å². The predicted octanol–water partition coefficient (Wildman–Crippen LogP) is 2.47. The van der Waals surface area contributed by atoms with E-state index >= 15 is 0 Å². The van der Waals surface area contributed by atoms with Crippen LogP contribution in [0, 0.1) is 0 Å². The van der Waals surface area contributed by atoms with Gasteiger partial charge in [-0.05, 0) is 55.4 Å². The summed E-state index contributed by atoms with van der Waals surface area (Å²) in [4.78, 5) is 57.6. The lowest BCUT2D eigenvalue weighted by molar-refractivity contribution is -0.156. The van der Waals surface area contributed by atoms with Gasteiger partial charge in [0.15, 0.2) is 0 Å². The number of hydrogen-bond acceptors (Lipinski definition) is 7. The summed E-state index contributed by atoms with van der Waals surface area (Å²) in [5.74, 6) is -2.40. The van der Waals surface area contributed by atoms with Crippen molar-refractivity contribution in [2.45, 2.75) is 84.6 Å². The van der Waals surface area contributed by atoms with Crippen LogP contribution in [0.1, 0.15) is 61.1 Å². The second-order valence-electron chi connectivity index (χ2n) is 9.50. The van der Waals surface area contributed by atoms with Crippen molar-refractivity contribution in [1.29, 1.82) is 0 Å². The highest BCUT2D eigenvalue weighted by atomic mass is 16.6. The summed E-state index contributed by atoms with van der Waals surface area (Å²) in [6.45, 7) is 12.1. The number of hydrogen-bond donors (Lipinski definition) is 3. The molecule has 0 spiro atoms. The smallest absolute Gasteiger partial charge is 0.418 e. The quantitative estimate of drug-likeness (QED) is 0.610. The first kappa shape index (κ1) is 25.9. The molecule has 1 heterocycles. The summed E-state index contributed by atoms with van der Waals surface area (Å²) >= 11 is 0. The molecule has 0 saturated carbocycles. The lowest BCUT2D eigenvalue weighted by atomic mass is 10.0. The molecule has 0 aromatic carbocycles. The Hall–Kier alpha value is -3.11. The van der Waals surface area contributed by atoms with Crippen LogP contribution in [0.2, 0.25) is 0 Å². The number of carbonyl (C=O) groups is 4. The first-order valence-electron chi connectivity index (χ1n) is 9.71. The van der Waals surface area contributed by atoms with E-state index in [0.717, 1.165) is 0 Å². The number of H-pyrrole nitrogens is 1. The van der Waals surface area contributed by atoms with E-state index in [9.17, 15) is 24.3 Å². The number of nitrogens with one attached hydrogen (secondary N) is 2. The standard InChI is InChI=1S/C20H32N4O7/c1-18(2,3)30-16(28)23-13(9-12-10-21-11-22-12)14(25)24(20(7,8)15(26)27)17(29)31-19(4,5)6/h10-11,13H,9H2,1-8H3,(H,21,22)(H,23,28)(H,26,27)/t13-/m0/s1. The fourth-order valence-corrected chi connectivity index (χ4v) is 2.42. The molecule has 0 bridgehead atoms. The van der Waals surface area contributed by atoms with Crippen LogP contribution in [-0.4, -0.2) is 66.8 Å². The van der Waals surface area contributed by atoms with Gasteiger partial charge in [0.1, 0.15) is 22.8 Å². The van der Waals surface area contributed by atoms with Crippen LogP contribution in [0.25, 0.3) is 0 Å². The van der Waals surface area contributed by atoms with Crippen LogP contribution >= 0.6 is 0 Å². The lowest BCUT2D eigenvalue weighted by Gasteiger charge is -2.36. The molecule has 174 valence electrons. The first-order valence-corrected chi connectivity index (χ1v) is 9.71. The van der Waals surface area contributed by atoms with E-state index in [2.05, 4.69) is 15.3 Å². The fraction of sp³-hybridized carbons (Fsp3) is 0.650. The Labute approximate surface area is 181 Å². The molecule has 1 aromatic rings. The summed E-state index contributed by atoms with van der Waals surface area (Å²) in [7, 11) is 0. The number of aromatic amines is 1. The molecule has 31 heavy (non-hydrogen) atoms. The molecule has 0 fully saturated rings. The van der Waals surface area contributed by atoms with Crippen molar-refractivity contribution in [1.82, 2.24) is 20.2 Å². The number of carboxylic acid groups (broad SMARTS) is 1. The third-order valence-electron chi connectivity index (χ3n) is 3.85. The predicted molar refractivity (Wildman–Crippen MR) is 110 cm³/mol. The largest absolute Gasteiger partial charge is 0.480 e. The molecule has 0 aliphatic rings. The van der Waals surface area contributed by atoms with Crippen molar-refractivity contribution in [3.05, 3.63) is 18.2 Å². The van der Waals surface area contributed by atoms with Crippen molar-refractivity contribution in [2.75, 3.05) is 0 Å². The number of carbonyl (C=O) groups excluding carboxylic acids is 3. The van der Waals surface area contributed by atoms with E-state index in [1.807, 2.05) is 0 Å². The average molecular weight is 440 g/mol. The van der Waals surface area contributed by atoms with Gasteiger partial charge in [-0.2, -0.15) is 0 Å². The number of rotatable bonds is 6. The van der Waals surface area contributed by atoms with Gasteiger partial charge < -0.3 is 24.9 Å². The number of carboxylic acids is 1. The Morgan fingerprint density at radius 1 is 1.06 bits per heavy atom. The van der Waals surface area contributed by atoms with Crippen molar-refractivity contribution in [3.63, 3.8) is 0 Å². The Morgan fingerprint density at radius 3 is 2.03 bits per heavy atom. The third-order valence-corrected chi connectivity index (χ3v) is 3.85. The Balaban J connectivity index is 3.34. The third kappa shape index (κ3) is 7.91. The van der Waals surface area contributed by atoms with E-state index in [0.29, 0.717) is 10.6 Å². The zero-order chi connectivity index (χ0) is 24.2. The highest BCUT2D eigenvalue weighted by Crippen LogP contribution is 2.22. The van der Waals surface area contributed by atoms with Crippen LogP contribution < -0.4 is 5.32 Å². The van der Waals surface area contributed by atoms with Gasteiger partial charge >= 0.3 is 18.2 Å². The van der Waals surface area contributed by atoms with Crippen LogP contribution in [0.5, 0.6) is 0 Å². The zero-order valence-corrected chi connectivity index (χ0v) is 19.2. The number of ether oxygens (including phenoxy) is 2. The van der Waals surface area contributed by atoms with Crippen LogP contribution in [0.4, 0.5) is 9.59 Å². The normalized spacial score (nSPS) is 13.2. The SMILES string of the molecule is CC(C)(C)OC(=O)N[C@@H](Cc1cnc[nH]1)C(=O)N(C(=O)OC(C)(C)C)C(C)(C)C(=O)O. The van der Waals surface area contributed by atoms with Crippen molar-refractivity contribution < 1.29 is 33.8 Å². The summed E-state index contributed by atoms with van der Waals surface area (Å²) in [5.41, 5.74) is -3.30. The monoisotopic (exact) mass is 440 g/mol. The maximum atomic E-state index is 13.4. The number of imidazole rings is 1. The fourth-order valence-electron chi connectivity index (χ4n) is 2.42. The molecule has 0 aliphatic carbocycles. The molecule has 1 rings (SSSR count). The van der Waals surface area contributed by atoms with Gasteiger partial charge in [-0.25, -0.2) is 24.3 Å². The summed E-state index contributed by atoms with van der Waals surface area (Å²) < 4.78 is 10.5. The lowest BCUT2D eigenvalue weighted by Crippen LogP contribution is -2.62. The molecule has 0 saturated heterocycles. The number of amides is 3. The molecule has 3 amide bonds. The number of aromatic nitrogens is 2. The number of imide groups is 1. The molecule has 1 atom stereocenters. The van der Waals surface area contributed by atoms with Gasteiger partial charge in [0, 0.05) is 18.3 Å². The summed E-state index contributed by atoms with van der Waals surface area (Å²) in [6, 6.07) is -1.33. The molecule has 0 aliphatic heterocycles. The van der Waals surface area contributed by atoms with Crippen molar-refractivity contribution >= 4 is 24.1 Å². The van der Waals surface area contributed by atoms with E-state index in [-0.39, 0.29) is 6.42 Å². The molecule has 0 radical (unpaired) electrons.